The minimum absolute atomic E-state index is 0.142. The highest BCUT2D eigenvalue weighted by molar-refractivity contribution is 5.91. The van der Waals surface area contributed by atoms with E-state index in [2.05, 4.69) is 46.6 Å². The lowest BCUT2D eigenvalue weighted by atomic mass is 9.99. The average Bonchev–Trinajstić information content (AvgIpc) is 3.62. The molecule has 1 fully saturated rings. The first-order chi connectivity index (χ1) is 16.9. The fourth-order valence-corrected chi connectivity index (χ4v) is 2.89. The third-order valence-electron chi connectivity index (χ3n) is 4.97. The van der Waals surface area contributed by atoms with Crippen LogP contribution in [0.15, 0.2) is 48.1 Å². The third kappa shape index (κ3) is 25.9. The summed E-state index contributed by atoms with van der Waals surface area (Å²) in [5.74, 6) is -2.78. The largest absolute Gasteiger partial charge is 0.481 e. The number of ether oxygens (including phenoxy) is 2. The van der Waals surface area contributed by atoms with Crippen molar-refractivity contribution in [2.45, 2.75) is 104 Å². The molecule has 1 atom stereocenters. The van der Waals surface area contributed by atoms with Crippen LogP contribution in [0.5, 0.6) is 0 Å². The molecule has 0 aliphatic carbocycles. The molecule has 7 nitrogen and oxygen atoms in total. The van der Waals surface area contributed by atoms with E-state index in [1.807, 2.05) is 0 Å². The van der Waals surface area contributed by atoms with Gasteiger partial charge in [0.1, 0.15) is 12.7 Å². The number of epoxide rings is 1. The molecule has 206 valence electrons. The van der Waals surface area contributed by atoms with Crippen LogP contribution >= 0.6 is 0 Å². The normalized spacial score (nSPS) is 13.1. The zero-order chi connectivity index (χ0) is 27.9. The van der Waals surface area contributed by atoms with Crippen molar-refractivity contribution in [3.63, 3.8) is 0 Å². The second-order valence-electron chi connectivity index (χ2n) is 9.08. The molecule has 36 heavy (non-hydrogen) atoms. The van der Waals surface area contributed by atoms with Crippen molar-refractivity contribution in [3.05, 3.63) is 48.1 Å². The zero-order valence-electron chi connectivity index (χ0n) is 22.9. The maximum absolute atomic E-state index is 10.7. The summed E-state index contributed by atoms with van der Waals surface area (Å²) in [6, 6.07) is 0. The van der Waals surface area contributed by atoms with E-state index in [1.165, 1.54) is 69.8 Å². The fraction of sp³-hybridized carbons (Fsp3) is 0.621. The molecule has 0 aromatic carbocycles. The average molecular weight is 509 g/mol. The van der Waals surface area contributed by atoms with Gasteiger partial charge in [0, 0.05) is 11.1 Å². The van der Waals surface area contributed by atoms with Gasteiger partial charge >= 0.3 is 17.9 Å². The molecule has 1 aliphatic heterocycles. The van der Waals surface area contributed by atoms with Crippen molar-refractivity contribution >= 4 is 17.9 Å². The number of aliphatic carboxylic acids is 2. The maximum Gasteiger partial charge on any atom is 0.333 e. The summed E-state index contributed by atoms with van der Waals surface area (Å²) in [6.07, 6.45) is 15.5. The molecule has 2 N–H and O–H groups in total. The van der Waals surface area contributed by atoms with Crippen LogP contribution in [0.4, 0.5) is 0 Å². The number of carbonyl (C=O) groups excluding carboxylic acids is 1. The van der Waals surface area contributed by atoms with Crippen molar-refractivity contribution in [2.24, 2.45) is 0 Å². The van der Waals surface area contributed by atoms with E-state index in [-0.39, 0.29) is 17.6 Å². The van der Waals surface area contributed by atoms with E-state index in [9.17, 15) is 14.4 Å². The Labute approximate surface area is 218 Å². The molecule has 0 spiro atoms. The summed E-state index contributed by atoms with van der Waals surface area (Å²) in [5.41, 5.74) is 2.97. The Morgan fingerprint density at radius 2 is 1.42 bits per heavy atom. The Hall–Kier alpha value is -2.67. The molecule has 0 saturated carbocycles. The number of esters is 1. The van der Waals surface area contributed by atoms with Crippen molar-refractivity contribution in [2.75, 3.05) is 13.2 Å². The molecule has 0 radical (unpaired) electrons. The maximum atomic E-state index is 10.7. The highest BCUT2D eigenvalue weighted by Crippen LogP contribution is 2.19. The van der Waals surface area contributed by atoms with E-state index in [1.54, 1.807) is 12.5 Å². The Morgan fingerprint density at radius 3 is 1.72 bits per heavy atom. The van der Waals surface area contributed by atoms with Crippen molar-refractivity contribution in [1.82, 2.24) is 0 Å². The molecule has 0 aromatic rings. The van der Waals surface area contributed by atoms with Gasteiger partial charge in [-0.2, -0.15) is 0 Å². The van der Waals surface area contributed by atoms with E-state index < -0.39 is 18.4 Å². The SMILES string of the molecule is C=C(C)C(=O)OCC1CO1.C=C(C)C=C(CCCCCC)CCCCCC.C=C(CC(=O)O)C(=O)O. The predicted octanol–water partition coefficient (Wildman–Crippen LogP) is 7.04. The fourth-order valence-electron chi connectivity index (χ4n) is 2.89. The van der Waals surface area contributed by atoms with Crippen LogP contribution in [0, 0.1) is 0 Å². The van der Waals surface area contributed by atoms with E-state index in [0.29, 0.717) is 18.8 Å². The summed E-state index contributed by atoms with van der Waals surface area (Å²) in [7, 11) is 0. The minimum atomic E-state index is -1.27. The van der Waals surface area contributed by atoms with E-state index in [0.717, 1.165) is 0 Å². The van der Waals surface area contributed by atoms with E-state index >= 15 is 0 Å². The topological polar surface area (TPSA) is 113 Å². The number of unbranched alkanes of at least 4 members (excludes halogenated alkanes) is 6. The lowest BCUT2D eigenvalue weighted by Gasteiger charge is -2.08. The molecule has 1 unspecified atom stereocenters. The van der Waals surface area contributed by atoms with Crippen LogP contribution in [0.25, 0.3) is 0 Å². The standard InChI is InChI=1S/C17H32.C7H10O3.C5H6O4/c1-5-7-9-11-13-17(15-16(3)4)14-12-10-8-6-2;1-5(2)7(8)10-4-6-3-9-6;1-3(5(8)9)2-4(6)7/h15H,3,5-14H2,1-2,4H3;6H,1,3-4H2,2H3;1-2H2,(H,6,7)(H,8,9). The lowest BCUT2D eigenvalue weighted by molar-refractivity contribution is -0.139. The van der Waals surface area contributed by atoms with Crippen LogP contribution in [0.2, 0.25) is 0 Å². The molecule has 7 heteroatoms. The number of carboxylic acids is 2. The molecule has 1 saturated heterocycles. The molecule has 1 aliphatic rings. The minimum Gasteiger partial charge on any atom is -0.481 e. The van der Waals surface area contributed by atoms with Gasteiger partial charge in [0.2, 0.25) is 0 Å². The summed E-state index contributed by atoms with van der Waals surface area (Å²) in [4.78, 5) is 30.4. The van der Waals surface area contributed by atoms with Crippen molar-refractivity contribution in [3.8, 4) is 0 Å². The van der Waals surface area contributed by atoms with Gasteiger partial charge in [0.05, 0.1) is 13.0 Å². The molecule has 0 bridgehead atoms. The summed E-state index contributed by atoms with van der Waals surface area (Å²) >= 11 is 0. The van der Waals surface area contributed by atoms with Gasteiger partial charge in [-0.1, -0.05) is 89.3 Å². The highest BCUT2D eigenvalue weighted by Gasteiger charge is 2.24. The number of carboxylic acid groups (broad SMARTS) is 2. The van der Waals surface area contributed by atoms with Gasteiger partial charge in [0.25, 0.3) is 0 Å². The second kappa shape index (κ2) is 22.8. The number of rotatable bonds is 17. The Kier molecular flexibility index (Phi) is 22.5. The first kappa shape index (κ1) is 35.5. The monoisotopic (exact) mass is 508 g/mol. The summed E-state index contributed by atoms with van der Waals surface area (Å²) in [5, 5.41) is 16.1. The summed E-state index contributed by atoms with van der Waals surface area (Å²) < 4.78 is 9.60. The van der Waals surface area contributed by atoms with Gasteiger partial charge in [-0.25, -0.2) is 9.59 Å². The molecular formula is C29H48O7. The van der Waals surface area contributed by atoms with Gasteiger partial charge in [0.15, 0.2) is 0 Å². The van der Waals surface area contributed by atoms with Gasteiger partial charge in [-0.15, -0.1) is 0 Å². The van der Waals surface area contributed by atoms with Crippen LogP contribution in [-0.4, -0.2) is 47.4 Å². The van der Waals surface area contributed by atoms with Crippen molar-refractivity contribution in [1.29, 1.82) is 0 Å². The lowest BCUT2D eigenvalue weighted by Crippen LogP contribution is -2.09. The molecule has 0 amide bonds. The van der Waals surface area contributed by atoms with Crippen LogP contribution in [0.3, 0.4) is 0 Å². The quantitative estimate of drug-likeness (QED) is 0.0712. The first-order valence-electron chi connectivity index (χ1n) is 12.9. The first-order valence-corrected chi connectivity index (χ1v) is 12.9. The van der Waals surface area contributed by atoms with Gasteiger partial charge < -0.3 is 19.7 Å². The van der Waals surface area contributed by atoms with Crippen LogP contribution in [-0.2, 0) is 23.9 Å². The number of carbonyl (C=O) groups is 3. The molecule has 1 heterocycles. The third-order valence-corrected chi connectivity index (χ3v) is 4.97. The number of hydrogen-bond donors (Lipinski definition) is 2. The van der Waals surface area contributed by atoms with E-state index in [4.69, 9.17) is 19.7 Å². The van der Waals surface area contributed by atoms with Gasteiger partial charge in [-0.3, -0.25) is 4.79 Å². The predicted molar refractivity (Wildman–Crippen MR) is 145 cm³/mol. The van der Waals surface area contributed by atoms with Crippen molar-refractivity contribution < 1.29 is 34.1 Å². The zero-order valence-corrected chi connectivity index (χ0v) is 22.9. The highest BCUT2D eigenvalue weighted by atomic mass is 16.6. The molecule has 1 rings (SSSR count). The van der Waals surface area contributed by atoms with Crippen LogP contribution in [0.1, 0.15) is 98.3 Å². The Morgan fingerprint density at radius 1 is 0.917 bits per heavy atom. The number of hydrogen-bond acceptors (Lipinski definition) is 5. The van der Waals surface area contributed by atoms with Crippen LogP contribution < -0.4 is 0 Å². The second-order valence-corrected chi connectivity index (χ2v) is 9.08. The Bertz CT molecular complexity index is 716. The molecule has 0 aromatic heterocycles. The number of allylic oxidation sites excluding steroid dienone is 3. The Balaban J connectivity index is 0. The molecular weight excluding hydrogens is 460 g/mol. The van der Waals surface area contributed by atoms with Gasteiger partial charge in [-0.05, 0) is 39.5 Å². The smallest absolute Gasteiger partial charge is 0.333 e. The summed E-state index contributed by atoms with van der Waals surface area (Å²) in [6.45, 7) is 19.8.